The molecule has 1 aliphatic heterocycles. The van der Waals surface area contributed by atoms with Crippen LogP contribution in [0.2, 0.25) is 10.0 Å². The van der Waals surface area contributed by atoms with Crippen LogP contribution in [-0.2, 0) is 0 Å². The average Bonchev–Trinajstić information content (AvgIpc) is 3.10. The molecule has 26 heavy (non-hydrogen) atoms. The van der Waals surface area contributed by atoms with Crippen LogP contribution in [0.4, 0.5) is 5.69 Å². The Morgan fingerprint density at radius 1 is 1.15 bits per heavy atom. The Labute approximate surface area is 163 Å². The van der Waals surface area contributed by atoms with Crippen LogP contribution < -0.4 is 5.32 Å². The first-order valence-corrected chi connectivity index (χ1v) is 9.45. The number of halogens is 2. The maximum Gasteiger partial charge on any atom is 0.255 e. The van der Waals surface area contributed by atoms with Crippen LogP contribution in [0, 0.1) is 5.92 Å². The lowest BCUT2D eigenvalue weighted by Crippen LogP contribution is -2.32. The molecule has 1 N–H and O–H groups in total. The summed E-state index contributed by atoms with van der Waals surface area (Å²) < 4.78 is 0. The van der Waals surface area contributed by atoms with E-state index < -0.39 is 0 Å². The van der Waals surface area contributed by atoms with E-state index in [9.17, 15) is 4.79 Å². The summed E-state index contributed by atoms with van der Waals surface area (Å²) >= 11 is 12.6. The summed E-state index contributed by atoms with van der Waals surface area (Å²) in [6.45, 7) is 0. The molecule has 0 saturated carbocycles. The maximum atomic E-state index is 12.7. The van der Waals surface area contributed by atoms with Crippen molar-refractivity contribution in [2.45, 2.75) is 18.4 Å². The Hall–Kier alpha value is -1.97. The van der Waals surface area contributed by atoms with E-state index in [0.29, 0.717) is 21.5 Å². The van der Waals surface area contributed by atoms with Gasteiger partial charge in [-0.15, -0.1) is 0 Å². The van der Waals surface area contributed by atoms with E-state index in [1.807, 2.05) is 24.3 Å². The van der Waals surface area contributed by atoms with E-state index >= 15 is 0 Å². The highest BCUT2D eigenvalue weighted by Crippen LogP contribution is 2.51. The van der Waals surface area contributed by atoms with Crippen molar-refractivity contribution in [2.24, 2.45) is 5.92 Å². The molecular weight excluding hydrogens is 367 g/mol. The predicted molar refractivity (Wildman–Crippen MR) is 107 cm³/mol. The van der Waals surface area contributed by atoms with Gasteiger partial charge in [0.05, 0.1) is 17.3 Å². The van der Waals surface area contributed by atoms with E-state index in [0.717, 1.165) is 17.7 Å². The van der Waals surface area contributed by atoms with Gasteiger partial charge in [0.1, 0.15) is 0 Å². The van der Waals surface area contributed by atoms with Gasteiger partial charge >= 0.3 is 0 Å². The van der Waals surface area contributed by atoms with Crippen molar-refractivity contribution in [3.05, 3.63) is 75.3 Å². The lowest BCUT2D eigenvalue weighted by atomic mass is 9.76. The van der Waals surface area contributed by atoms with E-state index in [-0.39, 0.29) is 17.9 Å². The predicted octanol–water partition coefficient (Wildman–Crippen LogP) is 5.52. The Morgan fingerprint density at radius 2 is 1.96 bits per heavy atom. The summed E-state index contributed by atoms with van der Waals surface area (Å²) in [6.07, 6.45) is 5.46. The molecule has 0 fully saturated rings. The average molecular weight is 387 g/mol. The van der Waals surface area contributed by atoms with Gasteiger partial charge in [-0.2, -0.15) is 0 Å². The molecule has 1 amide bonds. The minimum atomic E-state index is -0.00395. The molecule has 0 unspecified atom stereocenters. The summed E-state index contributed by atoms with van der Waals surface area (Å²) in [7, 11) is 3.55. The third kappa shape index (κ3) is 2.80. The summed E-state index contributed by atoms with van der Waals surface area (Å²) in [4.78, 5) is 14.3. The van der Waals surface area contributed by atoms with Gasteiger partial charge in [-0.3, -0.25) is 4.79 Å². The third-order valence-electron chi connectivity index (χ3n) is 5.33. The molecule has 0 radical (unpaired) electrons. The van der Waals surface area contributed by atoms with Gasteiger partial charge in [-0.05, 0) is 41.7 Å². The van der Waals surface area contributed by atoms with Crippen molar-refractivity contribution >= 4 is 34.8 Å². The number of anilines is 1. The number of hydrogen-bond donors (Lipinski definition) is 1. The molecule has 5 heteroatoms. The van der Waals surface area contributed by atoms with Crippen molar-refractivity contribution in [2.75, 3.05) is 19.4 Å². The maximum absolute atomic E-state index is 12.7. The molecule has 2 aromatic carbocycles. The van der Waals surface area contributed by atoms with Gasteiger partial charge in [0, 0.05) is 30.1 Å². The van der Waals surface area contributed by atoms with E-state index in [1.165, 1.54) is 5.56 Å². The van der Waals surface area contributed by atoms with Crippen molar-refractivity contribution in [1.82, 2.24) is 4.90 Å². The second kappa shape index (κ2) is 6.64. The molecule has 1 heterocycles. The zero-order chi connectivity index (χ0) is 18.4. The number of carbonyl (C=O) groups excluding carboxylic acids is 1. The summed E-state index contributed by atoms with van der Waals surface area (Å²) in [5, 5.41) is 4.91. The van der Waals surface area contributed by atoms with E-state index in [2.05, 4.69) is 23.5 Å². The first-order chi connectivity index (χ1) is 12.5. The normalized spacial score (nSPS) is 23.2. The number of fused-ring (bicyclic) bond motifs is 3. The standard InChI is InChI=1S/C21H20Cl2N2O/c1-25(2)21(26)17-8-4-7-15-13-5-3-6-14(13)19(24-20(15)17)16-10-9-12(22)11-18(16)23/h3-5,7-11,13-14,19,24H,6H2,1-2H3/t13-,14-,19+/m1/s1. The van der Waals surface area contributed by atoms with Gasteiger partial charge in [0.2, 0.25) is 0 Å². The van der Waals surface area contributed by atoms with Crippen molar-refractivity contribution in [3.63, 3.8) is 0 Å². The Morgan fingerprint density at radius 3 is 2.69 bits per heavy atom. The first-order valence-electron chi connectivity index (χ1n) is 8.70. The van der Waals surface area contributed by atoms with Crippen LogP contribution in [0.15, 0.2) is 48.6 Å². The second-order valence-electron chi connectivity index (χ2n) is 7.11. The molecule has 0 saturated heterocycles. The zero-order valence-electron chi connectivity index (χ0n) is 14.7. The number of carbonyl (C=O) groups is 1. The van der Waals surface area contributed by atoms with Crippen LogP contribution >= 0.6 is 23.2 Å². The Bertz CT molecular complexity index is 907. The van der Waals surface area contributed by atoms with Gasteiger partial charge in [-0.25, -0.2) is 0 Å². The summed E-state index contributed by atoms with van der Waals surface area (Å²) in [5.41, 5.74) is 3.81. The number of nitrogens with one attached hydrogen (secondary N) is 1. The highest BCUT2D eigenvalue weighted by Gasteiger charge is 2.40. The molecule has 0 bridgehead atoms. The van der Waals surface area contributed by atoms with E-state index in [4.69, 9.17) is 23.2 Å². The zero-order valence-corrected chi connectivity index (χ0v) is 16.2. The molecule has 0 spiro atoms. The fourth-order valence-corrected chi connectivity index (χ4v) is 4.63. The number of hydrogen-bond acceptors (Lipinski definition) is 2. The number of benzene rings is 2. The summed E-state index contributed by atoms with van der Waals surface area (Å²) in [5.74, 6) is 0.638. The lowest BCUT2D eigenvalue weighted by Gasteiger charge is -2.38. The fraction of sp³-hybridized carbons (Fsp3) is 0.286. The number of allylic oxidation sites excluding steroid dienone is 2. The first kappa shape index (κ1) is 17.4. The van der Waals surface area contributed by atoms with Crippen molar-refractivity contribution < 1.29 is 4.79 Å². The van der Waals surface area contributed by atoms with Crippen LogP contribution in [0.5, 0.6) is 0 Å². The van der Waals surface area contributed by atoms with Crippen LogP contribution in [0.3, 0.4) is 0 Å². The minimum Gasteiger partial charge on any atom is -0.377 e. The molecule has 3 atom stereocenters. The van der Waals surface area contributed by atoms with Crippen molar-refractivity contribution in [3.8, 4) is 0 Å². The highest BCUT2D eigenvalue weighted by molar-refractivity contribution is 6.35. The molecule has 1 aliphatic carbocycles. The monoisotopic (exact) mass is 386 g/mol. The number of amides is 1. The molecular formula is C21H20Cl2N2O. The lowest BCUT2D eigenvalue weighted by molar-refractivity contribution is 0.0828. The largest absolute Gasteiger partial charge is 0.377 e. The second-order valence-corrected chi connectivity index (χ2v) is 7.95. The molecule has 0 aromatic heterocycles. The fourth-order valence-electron chi connectivity index (χ4n) is 4.10. The van der Waals surface area contributed by atoms with Gasteiger partial charge in [-0.1, -0.05) is 53.6 Å². The molecule has 3 nitrogen and oxygen atoms in total. The van der Waals surface area contributed by atoms with Gasteiger partial charge in [0.25, 0.3) is 5.91 Å². The molecule has 134 valence electrons. The van der Waals surface area contributed by atoms with Crippen LogP contribution in [0.25, 0.3) is 0 Å². The number of nitrogens with zero attached hydrogens (tertiary/aromatic N) is 1. The van der Waals surface area contributed by atoms with Crippen LogP contribution in [0.1, 0.15) is 39.9 Å². The SMILES string of the molecule is CN(C)C(=O)c1cccc2c1N[C@H](c1ccc(Cl)cc1Cl)[C@@H]1CC=C[C@@H]21. The van der Waals surface area contributed by atoms with Crippen LogP contribution in [-0.4, -0.2) is 24.9 Å². The Kier molecular flexibility index (Phi) is 4.45. The quantitative estimate of drug-likeness (QED) is 0.688. The van der Waals surface area contributed by atoms with Gasteiger partial charge in [0.15, 0.2) is 0 Å². The summed E-state index contributed by atoms with van der Waals surface area (Å²) in [6, 6.07) is 11.6. The molecule has 4 rings (SSSR count). The third-order valence-corrected chi connectivity index (χ3v) is 5.89. The number of para-hydroxylation sites is 1. The topological polar surface area (TPSA) is 32.3 Å². The van der Waals surface area contributed by atoms with E-state index in [1.54, 1.807) is 25.1 Å². The Balaban J connectivity index is 1.84. The highest BCUT2D eigenvalue weighted by atomic mass is 35.5. The number of rotatable bonds is 2. The van der Waals surface area contributed by atoms with Gasteiger partial charge < -0.3 is 10.2 Å². The minimum absolute atomic E-state index is 0.00395. The van der Waals surface area contributed by atoms with Crippen molar-refractivity contribution in [1.29, 1.82) is 0 Å². The molecule has 2 aromatic rings. The molecule has 2 aliphatic rings. The smallest absolute Gasteiger partial charge is 0.255 e.